The van der Waals surface area contributed by atoms with Gasteiger partial charge < -0.3 is 14.8 Å². The Morgan fingerprint density at radius 1 is 1.32 bits per heavy atom. The summed E-state index contributed by atoms with van der Waals surface area (Å²) in [6.07, 6.45) is 8.52. The number of nitrogens with one attached hydrogen (secondary N) is 1. The number of unbranched alkanes of at least 4 members (excludes halogenated alkanes) is 1. The Morgan fingerprint density at radius 2 is 2.21 bits per heavy atom. The summed E-state index contributed by atoms with van der Waals surface area (Å²) in [6, 6.07) is 2.63. The molecule has 1 fully saturated rings. The fourth-order valence-electron chi connectivity index (χ4n) is 1.79. The highest BCUT2D eigenvalue weighted by Gasteiger charge is 2.20. The van der Waals surface area contributed by atoms with Gasteiger partial charge in [-0.15, -0.1) is 0 Å². The number of hydrogen-bond donors (Lipinski definition) is 1. The van der Waals surface area contributed by atoms with Gasteiger partial charge in [-0.05, 0) is 25.3 Å². The van der Waals surface area contributed by atoms with E-state index in [-0.39, 0.29) is 0 Å². The summed E-state index contributed by atoms with van der Waals surface area (Å²) < 4.78 is 11.3. The average Bonchev–Trinajstić information content (AvgIpc) is 3.25. The maximum Gasteiger partial charge on any atom is 0.126 e. The molecule has 1 N–H and O–H groups in total. The summed E-state index contributed by atoms with van der Waals surface area (Å²) in [5.74, 6) is 0.919. The molecule has 0 atom stereocenters. The number of aromatic nitrogens is 1. The minimum atomic E-state index is 0.601. The molecule has 1 aromatic heterocycles. The van der Waals surface area contributed by atoms with E-state index >= 15 is 0 Å². The van der Waals surface area contributed by atoms with Crippen LogP contribution in [0.5, 0.6) is 5.75 Å². The van der Waals surface area contributed by atoms with Crippen LogP contribution in [0, 0.1) is 0 Å². The fourth-order valence-corrected chi connectivity index (χ4v) is 1.79. The third-order valence-electron chi connectivity index (χ3n) is 3.14. The summed E-state index contributed by atoms with van der Waals surface area (Å²) >= 11 is 0. The number of nitrogens with zero attached hydrogens (tertiary/aromatic N) is 1. The number of hydrogen-bond acceptors (Lipinski definition) is 4. The van der Waals surface area contributed by atoms with E-state index in [2.05, 4.69) is 17.2 Å². The molecule has 0 radical (unpaired) electrons. The van der Waals surface area contributed by atoms with Gasteiger partial charge in [0, 0.05) is 37.2 Å². The maximum absolute atomic E-state index is 5.77. The van der Waals surface area contributed by atoms with E-state index in [4.69, 9.17) is 9.47 Å². The lowest BCUT2D eigenvalue weighted by atomic mass is 10.2. The largest absolute Gasteiger partial charge is 0.491 e. The van der Waals surface area contributed by atoms with Crippen molar-refractivity contribution >= 4 is 0 Å². The van der Waals surface area contributed by atoms with Gasteiger partial charge in [0.2, 0.25) is 0 Å². The van der Waals surface area contributed by atoms with Crippen molar-refractivity contribution in [3.8, 4) is 5.75 Å². The van der Waals surface area contributed by atoms with Crippen LogP contribution < -0.4 is 10.1 Å². The Morgan fingerprint density at radius 3 is 3.00 bits per heavy atom. The SMILES string of the molecule is CCCCOCCOc1ccncc1CNC1CC1. The first-order valence-electron chi connectivity index (χ1n) is 7.27. The fraction of sp³-hybridized carbons (Fsp3) is 0.667. The van der Waals surface area contributed by atoms with E-state index in [1.54, 1.807) is 6.20 Å². The van der Waals surface area contributed by atoms with Crippen molar-refractivity contribution in [2.24, 2.45) is 0 Å². The standard InChI is InChI=1S/C15H24N2O2/c1-2-3-8-18-9-10-19-15-6-7-16-11-13(15)12-17-14-4-5-14/h6-7,11,14,17H,2-5,8-10,12H2,1H3. The Labute approximate surface area is 115 Å². The zero-order valence-electron chi connectivity index (χ0n) is 11.7. The highest BCUT2D eigenvalue weighted by Crippen LogP contribution is 2.21. The van der Waals surface area contributed by atoms with Crippen molar-refractivity contribution in [3.05, 3.63) is 24.0 Å². The Kier molecular flexibility index (Phi) is 6.11. The molecule has 1 saturated carbocycles. The monoisotopic (exact) mass is 264 g/mol. The molecule has 19 heavy (non-hydrogen) atoms. The van der Waals surface area contributed by atoms with Gasteiger partial charge in [0.25, 0.3) is 0 Å². The second kappa shape index (κ2) is 8.12. The minimum Gasteiger partial charge on any atom is -0.491 e. The van der Waals surface area contributed by atoms with Gasteiger partial charge in [-0.3, -0.25) is 4.98 Å². The normalized spacial score (nSPS) is 14.6. The van der Waals surface area contributed by atoms with Gasteiger partial charge >= 0.3 is 0 Å². The highest BCUT2D eigenvalue weighted by molar-refractivity contribution is 5.30. The van der Waals surface area contributed by atoms with Crippen molar-refractivity contribution < 1.29 is 9.47 Å². The number of pyridine rings is 1. The lowest BCUT2D eigenvalue weighted by molar-refractivity contribution is 0.0976. The van der Waals surface area contributed by atoms with E-state index in [0.29, 0.717) is 19.3 Å². The zero-order valence-corrected chi connectivity index (χ0v) is 11.7. The first-order valence-corrected chi connectivity index (χ1v) is 7.27. The molecular formula is C15H24N2O2. The van der Waals surface area contributed by atoms with E-state index in [9.17, 15) is 0 Å². The van der Waals surface area contributed by atoms with Gasteiger partial charge in [-0.25, -0.2) is 0 Å². The molecule has 0 unspecified atom stereocenters. The van der Waals surface area contributed by atoms with Crippen LogP contribution in [0.2, 0.25) is 0 Å². The summed E-state index contributed by atoms with van der Waals surface area (Å²) in [6.45, 7) is 5.08. The lowest BCUT2D eigenvalue weighted by Gasteiger charge is -2.11. The van der Waals surface area contributed by atoms with Crippen LogP contribution in [0.4, 0.5) is 0 Å². The third kappa shape index (κ3) is 5.57. The van der Waals surface area contributed by atoms with Crippen molar-refractivity contribution in [2.45, 2.75) is 45.2 Å². The van der Waals surface area contributed by atoms with Gasteiger partial charge in [-0.2, -0.15) is 0 Å². The topological polar surface area (TPSA) is 43.4 Å². The molecule has 0 aliphatic heterocycles. The highest BCUT2D eigenvalue weighted by atomic mass is 16.5. The van der Waals surface area contributed by atoms with Crippen LogP contribution in [-0.4, -0.2) is 30.8 Å². The first kappa shape index (κ1) is 14.3. The molecule has 4 nitrogen and oxygen atoms in total. The van der Waals surface area contributed by atoms with Gasteiger partial charge in [0.15, 0.2) is 0 Å². The Hall–Kier alpha value is -1.13. The summed E-state index contributed by atoms with van der Waals surface area (Å²) in [7, 11) is 0. The second-order valence-electron chi connectivity index (χ2n) is 4.95. The smallest absolute Gasteiger partial charge is 0.126 e. The van der Waals surface area contributed by atoms with Crippen LogP contribution in [-0.2, 0) is 11.3 Å². The lowest BCUT2D eigenvalue weighted by Crippen LogP contribution is -2.17. The molecule has 0 aromatic carbocycles. The summed E-state index contributed by atoms with van der Waals surface area (Å²) in [4.78, 5) is 4.16. The van der Waals surface area contributed by atoms with E-state index in [1.807, 2.05) is 12.3 Å². The van der Waals surface area contributed by atoms with Crippen molar-refractivity contribution in [1.82, 2.24) is 10.3 Å². The van der Waals surface area contributed by atoms with Crippen molar-refractivity contribution in [1.29, 1.82) is 0 Å². The molecule has 106 valence electrons. The van der Waals surface area contributed by atoms with Gasteiger partial charge in [0.05, 0.1) is 6.61 Å². The molecular weight excluding hydrogens is 240 g/mol. The van der Waals surface area contributed by atoms with E-state index < -0.39 is 0 Å². The number of rotatable bonds is 10. The molecule has 1 aromatic rings. The molecule has 2 rings (SSSR count). The molecule has 1 heterocycles. The van der Waals surface area contributed by atoms with Crippen LogP contribution in [0.25, 0.3) is 0 Å². The molecule has 0 spiro atoms. The maximum atomic E-state index is 5.77. The molecule has 0 bridgehead atoms. The van der Waals surface area contributed by atoms with Crippen molar-refractivity contribution in [3.63, 3.8) is 0 Å². The third-order valence-corrected chi connectivity index (χ3v) is 3.14. The number of ether oxygens (including phenoxy) is 2. The Bertz CT molecular complexity index is 367. The van der Waals surface area contributed by atoms with Crippen LogP contribution in [0.1, 0.15) is 38.2 Å². The first-order chi connectivity index (χ1) is 9.40. The summed E-state index contributed by atoms with van der Waals surface area (Å²) in [5.41, 5.74) is 1.13. The summed E-state index contributed by atoms with van der Waals surface area (Å²) in [5, 5.41) is 3.48. The predicted molar refractivity (Wildman–Crippen MR) is 75.3 cm³/mol. The molecule has 1 aliphatic carbocycles. The molecule has 0 amide bonds. The average molecular weight is 264 g/mol. The minimum absolute atomic E-state index is 0.601. The zero-order chi connectivity index (χ0) is 13.3. The predicted octanol–water partition coefficient (Wildman–Crippen LogP) is 2.53. The van der Waals surface area contributed by atoms with E-state index in [0.717, 1.165) is 30.9 Å². The van der Waals surface area contributed by atoms with Crippen LogP contribution in [0.3, 0.4) is 0 Å². The Balaban J connectivity index is 1.68. The molecule has 1 aliphatic rings. The van der Waals surface area contributed by atoms with Gasteiger partial charge in [0.1, 0.15) is 12.4 Å². The van der Waals surface area contributed by atoms with Gasteiger partial charge in [-0.1, -0.05) is 13.3 Å². The molecule has 4 heteroatoms. The second-order valence-corrected chi connectivity index (χ2v) is 4.95. The quantitative estimate of drug-likeness (QED) is 0.659. The van der Waals surface area contributed by atoms with E-state index in [1.165, 1.54) is 19.3 Å². The van der Waals surface area contributed by atoms with Crippen LogP contribution >= 0.6 is 0 Å². The molecule has 0 saturated heterocycles. The van der Waals surface area contributed by atoms with Crippen LogP contribution in [0.15, 0.2) is 18.5 Å². The van der Waals surface area contributed by atoms with Crippen molar-refractivity contribution in [2.75, 3.05) is 19.8 Å².